The molecule has 1 aromatic rings. The number of carbonyl (C=O) groups is 2. The van der Waals surface area contributed by atoms with Crippen LogP contribution in [0.4, 0.5) is 8.78 Å². The summed E-state index contributed by atoms with van der Waals surface area (Å²) in [6.07, 6.45) is 1.76. The monoisotopic (exact) mass is 312 g/mol. The molecule has 0 aliphatic heterocycles. The van der Waals surface area contributed by atoms with Gasteiger partial charge in [-0.25, -0.2) is 8.78 Å². The number of hydrogen-bond acceptors (Lipinski definition) is 2. The summed E-state index contributed by atoms with van der Waals surface area (Å²) < 4.78 is 27.2. The van der Waals surface area contributed by atoms with Crippen LogP contribution < -0.4 is 10.6 Å². The Morgan fingerprint density at radius 3 is 2.27 bits per heavy atom. The summed E-state index contributed by atoms with van der Waals surface area (Å²) in [5, 5.41) is 5.12. The molecule has 4 nitrogen and oxygen atoms in total. The van der Waals surface area contributed by atoms with E-state index in [4.69, 9.17) is 0 Å². The number of unbranched alkanes of at least 4 members (excludes halogenated alkanes) is 1. The van der Waals surface area contributed by atoms with Crippen molar-refractivity contribution in [3.63, 3.8) is 0 Å². The largest absolute Gasteiger partial charge is 0.354 e. The van der Waals surface area contributed by atoms with Crippen molar-refractivity contribution < 1.29 is 18.4 Å². The first kappa shape index (κ1) is 18.1. The van der Waals surface area contributed by atoms with Crippen LogP contribution in [-0.4, -0.2) is 24.4 Å². The van der Waals surface area contributed by atoms with Gasteiger partial charge in [0.2, 0.25) is 5.91 Å². The molecule has 0 spiro atoms. The summed E-state index contributed by atoms with van der Waals surface area (Å²) in [5.74, 6) is -3.40. The third-order valence-electron chi connectivity index (χ3n) is 3.26. The van der Waals surface area contributed by atoms with Gasteiger partial charge in [-0.1, -0.05) is 33.3 Å². The minimum Gasteiger partial charge on any atom is -0.354 e. The third-order valence-corrected chi connectivity index (χ3v) is 3.26. The van der Waals surface area contributed by atoms with Crippen molar-refractivity contribution in [2.24, 2.45) is 5.92 Å². The van der Waals surface area contributed by atoms with Gasteiger partial charge >= 0.3 is 0 Å². The molecule has 1 rings (SSSR count). The lowest BCUT2D eigenvalue weighted by atomic mass is 10.0. The zero-order valence-corrected chi connectivity index (χ0v) is 13.1. The lowest BCUT2D eigenvalue weighted by Crippen LogP contribution is -2.50. The van der Waals surface area contributed by atoms with Gasteiger partial charge in [0.05, 0.1) is 0 Å². The molecule has 0 aromatic heterocycles. The normalized spacial score (nSPS) is 12.1. The van der Waals surface area contributed by atoms with Crippen LogP contribution in [0.1, 0.15) is 44.0 Å². The van der Waals surface area contributed by atoms with Crippen LogP contribution in [-0.2, 0) is 4.79 Å². The fraction of sp³-hybridized carbons (Fsp3) is 0.500. The number of halogens is 2. The fourth-order valence-electron chi connectivity index (χ4n) is 1.96. The van der Waals surface area contributed by atoms with Gasteiger partial charge in [0.15, 0.2) is 0 Å². The lowest BCUT2D eigenvalue weighted by molar-refractivity contribution is -0.123. The van der Waals surface area contributed by atoms with E-state index in [-0.39, 0.29) is 11.8 Å². The summed E-state index contributed by atoms with van der Waals surface area (Å²) in [6, 6.07) is 2.34. The average Bonchev–Trinajstić information content (AvgIpc) is 2.44. The average molecular weight is 312 g/mol. The number of rotatable bonds is 7. The van der Waals surface area contributed by atoms with E-state index in [0.29, 0.717) is 6.54 Å². The van der Waals surface area contributed by atoms with Crippen molar-refractivity contribution in [1.29, 1.82) is 0 Å². The smallest absolute Gasteiger partial charge is 0.257 e. The third kappa shape index (κ3) is 4.79. The first-order chi connectivity index (χ1) is 10.4. The molecule has 0 fully saturated rings. The molecular weight excluding hydrogens is 290 g/mol. The minimum atomic E-state index is -0.952. The molecule has 0 saturated heterocycles. The van der Waals surface area contributed by atoms with E-state index in [0.717, 1.165) is 25.0 Å². The van der Waals surface area contributed by atoms with Gasteiger partial charge in [-0.05, 0) is 24.5 Å². The predicted molar refractivity (Wildman–Crippen MR) is 80.4 cm³/mol. The van der Waals surface area contributed by atoms with Crippen LogP contribution in [0, 0.1) is 17.6 Å². The Labute approximate surface area is 129 Å². The first-order valence-corrected chi connectivity index (χ1v) is 7.41. The summed E-state index contributed by atoms with van der Waals surface area (Å²) in [4.78, 5) is 24.1. The maximum absolute atomic E-state index is 13.6. The van der Waals surface area contributed by atoms with E-state index in [2.05, 4.69) is 10.6 Å². The molecule has 0 heterocycles. The van der Waals surface area contributed by atoms with Gasteiger partial charge in [0.25, 0.3) is 5.91 Å². The number of benzene rings is 1. The topological polar surface area (TPSA) is 58.2 Å². The van der Waals surface area contributed by atoms with Crippen LogP contribution in [0.3, 0.4) is 0 Å². The maximum atomic E-state index is 13.6. The Bertz CT molecular complexity index is 513. The zero-order chi connectivity index (χ0) is 16.7. The SMILES string of the molecule is CCCCNC(=O)C(NC(=O)c1c(F)cccc1F)C(C)C. The number of nitrogens with one attached hydrogen (secondary N) is 2. The Morgan fingerprint density at radius 2 is 1.77 bits per heavy atom. The highest BCUT2D eigenvalue weighted by Gasteiger charge is 2.26. The molecule has 22 heavy (non-hydrogen) atoms. The van der Waals surface area contributed by atoms with Gasteiger partial charge in [-0.3, -0.25) is 9.59 Å². The van der Waals surface area contributed by atoms with Crippen molar-refractivity contribution in [2.75, 3.05) is 6.54 Å². The molecule has 0 bridgehead atoms. The summed E-state index contributed by atoms with van der Waals surface area (Å²) >= 11 is 0. The molecular formula is C16H22F2N2O2. The highest BCUT2D eigenvalue weighted by atomic mass is 19.1. The number of amides is 2. The summed E-state index contributed by atoms with van der Waals surface area (Å²) in [7, 11) is 0. The molecule has 2 N–H and O–H groups in total. The lowest BCUT2D eigenvalue weighted by Gasteiger charge is -2.22. The van der Waals surface area contributed by atoms with Crippen molar-refractivity contribution in [1.82, 2.24) is 10.6 Å². The second-order valence-electron chi connectivity index (χ2n) is 5.44. The Kier molecular flexibility index (Phi) is 6.95. The maximum Gasteiger partial charge on any atom is 0.257 e. The molecule has 1 aromatic carbocycles. The number of hydrogen-bond donors (Lipinski definition) is 2. The van der Waals surface area contributed by atoms with Crippen molar-refractivity contribution in [2.45, 2.75) is 39.7 Å². The summed E-state index contributed by atoms with van der Waals surface area (Å²) in [5.41, 5.74) is -0.672. The van der Waals surface area contributed by atoms with E-state index in [1.54, 1.807) is 13.8 Å². The highest BCUT2D eigenvalue weighted by molar-refractivity contribution is 5.98. The number of carbonyl (C=O) groups excluding carboxylic acids is 2. The molecule has 1 unspecified atom stereocenters. The molecule has 0 aliphatic rings. The standard InChI is InChI=1S/C16H22F2N2O2/c1-4-5-9-19-16(22)14(10(2)3)20-15(21)13-11(17)7-6-8-12(13)18/h6-8,10,14H,4-5,9H2,1-3H3,(H,19,22)(H,20,21). The van der Waals surface area contributed by atoms with Crippen LogP contribution in [0.2, 0.25) is 0 Å². The van der Waals surface area contributed by atoms with Crippen molar-refractivity contribution in [3.05, 3.63) is 35.4 Å². The van der Waals surface area contributed by atoms with Crippen LogP contribution in [0.25, 0.3) is 0 Å². The van der Waals surface area contributed by atoms with Crippen molar-refractivity contribution in [3.8, 4) is 0 Å². The molecule has 2 amide bonds. The molecule has 6 heteroatoms. The quantitative estimate of drug-likeness (QED) is 0.760. The molecule has 0 aliphatic carbocycles. The summed E-state index contributed by atoms with van der Waals surface area (Å²) in [6.45, 7) is 6.00. The van der Waals surface area contributed by atoms with E-state index in [9.17, 15) is 18.4 Å². The van der Waals surface area contributed by atoms with Crippen LogP contribution >= 0.6 is 0 Å². The Balaban J connectivity index is 2.83. The van der Waals surface area contributed by atoms with Crippen LogP contribution in [0.5, 0.6) is 0 Å². The second kappa shape index (κ2) is 8.46. The molecule has 122 valence electrons. The second-order valence-corrected chi connectivity index (χ2v) is 5.44. The predicted octanol–water partition coefficient (Wildman–Crippen LogP) is 2.64. The zero-order valence-electron chi connectivity index (χ0n) is 13.1. The Hall–Kier alpha value is -1.98. The van der Waals surface area contributed by atoms with Gasteiger partial charge in [0, 0.05) is 6.54 Å². The molecule has 0 saturated carbocycles. The van der Waals surface area contributed by atoms with Crippen molar-refractivity contribution >= 4 is 11.8 Å². The van der Waals surface area contributed by atoms with E-state index < -0.39 is 29.1 Å². The van der Waals surface area contributed by atoms with Gasteiger partial charge in [0.1, 0.15) is 23.2 Å². The minimum absolute atomic E-state index is 0.208. The Morgan fingerprint density at radius 1 is 1.18 bits per heavy atom. The van der Waals surface area contributed by atoms with E-state index >= 15 is 0 Å². The van der Waals surface area contributed by atoms with Gasteiger partial charge in [-0.2, -0.15) is 0 Å². The first-order valence-electron chi connectivity index (χ1n) is 7.41. The van der Waals surface area contributed by atoms with E-state index in [1.165, 1.54) is 6.07 Å². The van der Waals surface area contributed by atoms with Gasteiger partial charge < -0.3 is 10.6 Å². The fourth-order valence-corrected chi connectivity index (χ4v) is 1.96. The molecule has 1 atom stereocenters. The molecule has 0 radical (unpaired) electrons. The van der Waals surface area contributed by atoms with Gasteiger partial charge in [-0.15, -0.1) is 0 Å². The highest BCUT2D eigenvalue weighted by Crippen LogP contribution is 2.13. The van der Waals surface area contributed by atoms with E-state index in [1.807, 2.05) is 6.92 Å². The van der Waals surface area contributed by atoms with Crippen LogP contribution in [0.15, 0.2) is 18.2 Å².